The minimum Gasteiger partial charge on any atom is -0.478 e. The van der Waals surface area contributed by atoms with Crippen molar-refractivity contribution in [1.82, 2.24) is 4.57 Å². The first kappa shape index (κ1) is 12.8. The summed E-state index contributed by atoms with van der Waals surface area (Å²) in [6.07, 6.45) is 3.14. The molecular formula is C13H12N2O4. The SMILES string of the molecule is Cc1c(Cn2ccc(C(=O)O)c2)cccc1[N+](=O)[O-]. The van der Waals surface area contributed by atoms with E-state index in [0.717, 1.165) is 5.56 Å². The highest BCUT2D eigenvalue weighted by atomic mass is 16.6. The van der Waals surface area contributed by atoms with Gasteiger partial charge in [0.05, 0.1) is 10.5 Å². The topological polar surface area (TPSA) is 85.4 Å². The van der Waals surface area contributed by atoms with Crippen molar-refractivity contribution < 1.29 is 14.8 Å². The summed E-state index contributed by atoms with van der Waals surface area (Å²) in [5.41, 5.74) is 1.66. The molecule has 0 atom stereocenters. The minimum absolute atomic E-state index is 0.0723. The lowest BCUT2D eigenvalue weighted by molar-refractivity contribution is -0.385. The number of aromatic carboxylic acids is 1. The molecule has 98 valence electrons. The summed E-state index contributed by atoms with van der Waals surface area (Å²) in [5, 5.41) is 19.7. The summed E-state index contributed by atoms with van der Waals surface area (Å²) < 4.78 is 1.69. The predicted molar refractivity (Wildman–Crippen MR) is 68.3 cm³/mol. The van der Waals surface area contributed by atoms with Crippen LogP contribution in [0.25, 0.3) is 0 Å². The molecule has 2 aromatic rings. The Labute approximate surface area is 109 Å². The molecule has 0 amide bonds. The van der Waals surface area contributed by atoms with E-state index < -0.39 is 10.9 Å². The fraction of sp³-hybridized carbons (Fsp3) is 0.154. The van der Waals surface area contributed by atoms with Crippen LogP contribution in [0.1, 0.15) is 21.5 Å². The van der Waals surface area contributed by atoms with Gasteiger partial charge in [-0.3, -0.25) is 10.1 Å². The molecule has 0 saturated carbocycles. The van der Waals surface area contributed by atoms with Gasteiger partial charge in [-0.25, -0.2) is 4.79 Å². The fourth-order valence-electron chi connectivity index (χ4n) is 1.90. The number of carboxylic acid groups (broad SMARTS) is 1. The average Bonchev–Trinajstić information content (AvgIpc) is 2.80. The van der Waals surface area contributed by atoms with Crippen molar-refractivity contribution in [3.8, 4) is 0 Å². The van der Waals surface area contributed by atoms with Crippen LogP contribution in [-0.4, -0.2) is 20.6 Å². The second-order valence-electron chi connectivity index (χ2n) is 4.20. The van der Waals surface area contributed by atoms with Crippen LogP contribution in [0.2, 0.25) is 0 Å². The van der Waals surface area contributed by atoms with Gasteiger partial charge in [0.1, 0.15) is 0 Å². The molecule has 0 fully saturated rings. The van der Waals surface area contributed by atoms with Gasteiger partial charge in [-0.2, -0.15) is 0 Å². The molecule has 0 saturated heterocycles. The number of benzene rings is 1. The zero-order valence-corrected chi connectivity index (χ0v) is 10.2. The van der Waals surface area contributed by atoms with Crippen molar-refractivity contribution in [3.05, 3.63) is 63.5 Å². The smallest absolute Gasteiger partial charge is 0.337 e. The molecule has 6 nitrogen and oxygen atoms in total. The Morgan fingerprint density at radius 2 is 2.16 bits per heavy atom. The molecule has 0 aliphatic rings. The summed E-state index contributed by atoms with van der Waals surface area (Å²) in [4.78, 5) is 21.2. The largest absolute Gasteiger partial charge is 0.478 e. The third-order valence-electron chi connectivity index (χ3n) is 2.96. The molecule has 19 heavy (non-hydrogen) atoms. The van der Waals surface area contributed by atoms with E-state index in [-0.39, 0.29) is 11.3 Å². The van der Waals surface area contributed by atoms with E-state index in [4.69, 9.17) is 5.11 Å². The molecule has 1 heterocycles. The van der Waals surface area contributed by atoms with Crippen LogP contribution in [0.15, 0.2) is 36.7 Å². The van der Waals surface area contributed by atoms with Gasteiger partial charge in [-0.05, 0) is 18.6 Å². The van der Waals surface area contributed by atoms with E-state index >= 15 is 0 Å². The number of nitrogens with zero attached hydrogens (tertiary/aromatic N) is 2. The van der Waals surface area contributed by atoms with Crippen LogP contribution in [0.5, 0.6) is 0 Å². The Morgan fingerprint density at radius 3 is 2.74 bits per heavy atom. The molecule has 0 aliphatic carbocycles. The van der Waals surface area contributed by atoms with Crippen molar-refractivity contribution in [3.63, 3.8) is 0 Å². The summed E-state index contributed by atoms with van der Waals surface area (Å²) >= 11 is 0. The Hall–Kier alpha value is -2.63. The number of nitro groups is 1. The van der Waals surface area contributed by atoms with Crippen LogP contribution < -0.4 is 0 Å². The quantitative estimate of drug-likeness (QED) is 0.675. The van der Waals surface area contributed by atoms with Gasteiger partial charge < -0.3 is 9.67 Å². The predicted octanol–water partition coefficient (Wildman–Crippen LogP) is 2.45. The minimum atomic E-state index is -0.991. The number of carboxylic acids is 1. The van der Waals surface area contributed by atoms with E-state index in [0.29, 0.717) is 12.1 Å². The van der Waals surface area contributed by atoms with Gasteiger partial charge in [0.15, 0.2) is 0 Å². The van der Waals surface area contributed by atoms with Gasteiger partial charge in [-0.15, -0.1) is 0 Å². The zero-order chi connectivity index (χ0) is 14.0. The summed E-state index contributed by atoms with van der Waals surface area (Å²) in [5.74, 6) is -0.991. The normalized spacial score (nSPS) is 10.4. The van der Waals surface area contributed by atoms with Crippen LogP contribution in [0, 0.1) is 17.0 Å². The molecule has 0 radical (unpaired) electrons. The Morgan fingerprint density at radius 1 is 1.42 bits per heavy atom. The Balaban J connectivity index is 2.30. The van der Waals surface area contributed by atoms with Crippen molar-refractivity contribution in [2.45, 2.75) is 13.5 Å². The van der Waals surface area contributed by atoms with E-state index in [1.807, 2.05) is 0 Å². The van der Waals surface area contributed by atoms with Crippen LogP contribution in [0.4, 0.5) is 5.69 Å². The summed E-state index contributed by atoms with van der Waals surface area (Å²) in [7, 11) is 0. The Bertz CT molecular complexity index is 646. The zero-order valence-electron chi connectivity index (χ0n) is 10.2. The first-order valence-electron chi connectivity index (χ1n) is 5.61. The molecule has 0 unspecified atom stereocenters. The second-order valence-corrected chi connectivity index (χ2v) is 4.20. The van der Waals surface area contributed by atoms with E-state index in [1.165, 1.54) is 18.3 Å². The average molecular weight is 260 g/mol. The lowest BCUT2D eigenvalue weighted by Gasteiger charge is -2.07. The molecule has 1 N–H and O–H groups in total. The molecule has 0 aliphatic heterocycles. The monoisotopic (exact) mass is 260 g/mol. The van der Waals surface area contributed by atoms with Gasteiger partial charge >= 0.3 is 5.97 Å². The molecular weight excluding hydrogens is 248 g/mol. The molecule has 1 aromatic heterocycles. The van der Waals surface area contributed by atoms with Gasteiger partial charge in [0.25, 0.3) is 5.69 Å². The molecule has 6 heteroatoms. The number of carbonyl (C=O) groups is 1. The lowest BCUT2D eigenvalue weighted by Crippen LogP contribution is -2.02. The number of nitro benzene ring substituents is 1. The summed E-state index contributed by atoms with van der Waals surface area (Å²) in [6, 6.07) is 6.37. The van der Waals surface area contributed by atoms with Gasteiger partial charge in [-0.1, -0.05) is 12.1 Å². The highest BCUT2D eigenvalue weighted by molar-refractivity contribution is 5.87. The standard InChI is InChI=1S/C13H12N2O4/c1-9-10(3-2-4-12(9)15(18)19)7-14-6-5-11(8-14)13(16)17/h2-6,8H,7H2,1H3,(H,16,17). The van der Waals surface area contributed by atoms with E-state index in [9.17, 15) is 14.9 Å². The van der Waals surface area contributed by atoms with Gasteiger partial charge in [0, 0.05) is 30.6 Å². The molecule has 1 aromatic carbocycles. The number of hydrogen-bond donors (Lipinski definition) is 1. The maximum Gasteiger partial charge on any atom is 0.337 e. The number of hydrogen-bond acceptors (Lipinski definition) is 3. The first-order valence-corrected chi connectivity index (χ1v) is 5.61. The molecule has 2 rings (SSSR count). The number of rotatable bonds is 4. The van der Waals surface area contributed by atoms with Crippen molar-refractivity contribution >= 4 is 11.7 Å². The third kappa shape index (κ3) is 2.62. The maximum absolute atomic E-state index is 10.8. The molecule has 0 spiro atoms. The van der Waals surface area contributed by atoms with Crippen LogP contribution in [-0.2, 0) is 6.54 Å². The van der Waals surface area contributed by atoms with Crippen molar-refractivity contribution in [2.24, 2.45) is 0 Å². The third-order valence-corrected chi connectivity index (χ3v) is 2.96. The second kappa shape index (κ2) is 4.93. The summed E-state index contributed by atoms with van der Waals surface area (Å²) in [6.45, 7) is 2.09. The first-order chi connectivity index (χ1) is 8.99. The highest BCUT2D eigenvalue weighted by Gasteiger charge is 2.13. The van der Waals surface area contributed by atoms with Crippen molar-refractivity contribution in [2.75, 3.05) is 0 Å². The highest BCUT2D eigenvalue weighted by Crippen LogP contribution is 2.22. The van der Waals surface area contributed by atoms with E-state index in [2.05, 4.69) is 0 Å². The van der Waals surface area contributed by atoms with E-state index in [1.54, 1.807) is 29.8 Å². The fourth-order valence-corrected chi connectivity index (χ4v) is 1.90. The van der Waals surface area contributed by atoms with Gasteiger partial charge in [0.2, 0.25) is 0 Å². The number of aromatic nitrogens is 1. The lowest BCUT2D eigenvalue weighted by atomic mass is 10.1. The van der Waals surface area contributed by atoms with Crippen LogP contribution in [0.3, 0.4) is 0 Å². The van der Waals surface area contributed by atoms with Crippen molar-refractivity contribution in [1.29, 1.82) is 0 Å². The maximum atomic E-state index is 10.8. The molecule has 0 bridgehead atoms. The van der Waals surface area contributed by atoms with Crippen LogP contribution >= 0.6 is 0 Å². The Kier molecular flexibility index (Phi) is 3.33.